The SMILES string of the molecule is CCc1ccccc1NC(=S)N1CCCC1. The number of hydrogen-bond acceptors (Lipinski definition) is 1. The predicted molar refractivity (Wildman–Crippen MR) is 72.8 cm³/mol. The van der Waals surface area contributed by atoms with E-state index in [0.717, 1.165) is 30.3 Å². The van der Waals surface area contributed by atoms with E-state index in [4.69, 9.17) is 12.2 Å². The first-order chi connectivity index (χ1) is 7.81. The van der Waals surface area contributed by atoms with Gasteiger partial charge in [0.2, 0.25) is 0 Å². The Morgan fingerprint density at radius 1 is 1.31 bits per heavy atom. The largest absolute Gasteiger partial charge is 0.349 e. The molecule has 2 nitrogen and oxygen atoms in total. The van der Waals surface area contributed by atoms with Gasteiger partial charge in [-0.1, -0.05) is 25.1 Å². The molecule has 16 heavy (non-hydrogen) atoms. The Balaban J connectivity index is 2.05. The van der Waals surface area contributed by atoms with Crippen molar-refractivity contribution in [2.24, 2.45) is 0 Å². The molecule has 2 rings (SSSR count). The molecule has 0 amide bonds. The maximum Gasteiger partial charge on any atom is 0.173 e. The van der Waals surface area contributed by atoms with E-state index >= 15 is 0 Å². The molecule has 1 aromatic rings. The highest BCUT2D eigenvalue weighted by atomic mass is 32.1. The number of rotatable bonds is 2. The number of anilines is 1. The van der Waals surface area contributed by atoms with Gasteiger partial charge in [-0.05, 0) is 43.1 Å². The van der Waals surface area contributed by atoms with Crippen molar-refractivity contribution in [1.29, 1.82) is 0 Å². The molecule has 86 valence electrons. The van der Waals surface area contributed by atoms with Crippen molar-refractivity contribution >= 4 is 23.0 Å². The van der Waals surface area contributed by atoms with E-state index in [1.165, 1.54) is 18.4 Å². The summed E-state index contributed by atoms with van der Waals surface area (Å²) in [4.78, 5) is 2.25. The Morgan fingerprint density at radius 3 is 2.69 bits per heavy atom. The third kappa shape index (κ3) is 2.53. The van der Waals surface area contributed by atoms with Crippen LogP contribution in [0.4, 0.5) is 5.69 Å². The Labute approximate surface area is 103 Å². The zero-order chi connectivity index (χ0) is 11.4. The zero-order valence-corrected chi connectivity index (χ0v) is 10.5. The number of nitrogens with one attached hydrogen (secondary N) is 1. The second-order valence-electron chi connectivity index (χ2n) is 4.14. The normalized spacial score (nSPS) is 15.2. The molecule has 1 heterocycles. The third-order valence-corrected chi connectivity index (χ3v) is 3.39. The number of thiocarbonyl (C=S) groups is 1. The summed E-state index contributed by atoms with van der Waals surface area (Å²) in [7, 11) is 0. The number of hydrogen-bond donors (Lipinski definition) is 1. The molecule has 0 aliphatic carbocycles. The van der Waals surface area contributed by atoms with Crippen molar-refractivity contribution in [2.75, 3.05) is 18.4 Å². The lowest BCUT2D eigenvalue weighted by Gasteiger charge is -2.20. The first kappa shape index (κ1) is 11.4. The van der Waals surface area contributed by atoms with Crippen LogP contribution in [-0.4, -0.2) is 23.1 Å². The van der Waals surface area contributed by atoms with Gasteiger partial charge in [0.1, 0.15) is 0 Å². The van der Waals surface area contributed by atoms with Gasteiger partial charge < -0.3 is 10.2 Å². The summed E-state index contributed by atoms with van der Waals surface area (Å²) < 4.78 is 0. The minimum atomic E-state index is 0.874. The molecule has 1 aliphatic heterocycles. The van der Waals surface area contributed by atoms with Crippen LogP contribution in [0.15, 0.2) is 24.3 Å². The molecule has 0 radical (unpaired) electrons. The van der Waals surface area contributed by atoms with Gasteiger partial charge in [0.05, 0.1) is 0 Å². The molecule has 0 unspecified atom stereocenters. The minimum Gasteiger partial charge on any atom is -0.349 e. The molecule has 1 aromatic carbocycles. The van der Waals surface area contributed by atoms with E-state index in [-0.39, 0.29) is 0 Å². The topological polar surface area (TPSA) is 15.3 Å². The molecular formula is C13H18N2S. The summed E-state index contributed by atoms with van der Waals surface area (Å²) >= 11 is 5.42. The fourth-order valence-corrected chi connectivity index (χ4v) is 2.36. The van der Waals surface area contributed by atoms with E-state index < -0.39 is 0 Å². The van der Waals surface area contributed by atoms with Crippen molar-refractivity contribution in [3.8, 4) is 0 Å². The second kappa shape index (κ2) is 5.30. The summed E-state index contributed by atoms with van der Waals surface area (Å²) in [5, 5.41) is 4.23. The summed E-state index contributed by atoms with van der Waals surface area (Å²) in [5.41, 5.74) is 2.48. The molecule has 0 spiro atoms. The van der Waals surface area contributed by atoms with Gasteiger partial charge in [-0.25, -0.2) is 0 Å². The molecule has 0 saturated carbocycles. The van der Waals surface area contributed by atoms with Crippen LogP contribution in [0.3, 0.4) is 0 Å². The van der Waals surface area contributed by atoms with Crippen LogP contribution in [0.1, 0.15) is 25.3 Å². The van der Waals surface area contributed by atoms with E-state index in [1.807, 2.05) is 6.07 Å². The summed E-state index contributed by atoms with van der Waals surface area (Å²) in [6, 6.07) is 8.37. The lowest BCUT2D eigenvalue weighted by molar-refractivity contribution is 0.528. The van der Waals surface area contributed by atoms with Crippen LogP contribution in [0.25, 0.3) is 0 Å². The van der Waals surface area contributed by atoms with Gasteiger partial charge in [-0.3, -0.25) is 0 Å². The molecule has 0 atom stereocenters. The van der Waals surface area contributed by atoms with Crippen molar-refractivity contribution in [2.45, 2.75) is 26.2 Å². The van der Waals surface area contributed by atoms with Gasteiger partial charge in [0, 0.05) is 18.8 Å². The fourth-order valence-electron chi connectivity index (χ4n) is 2.07. The highest BCUT2D eigenvalue weighted by Crippen LogP contribution is 2.17. The fraction of sp³-hybridized carbons (Fsp3) is 0.462. The first-order valence-electron chi connectivity index (χ1n) is 5.95. The first-order valence-corrected chi connectivity index (χ1v) is 6.36. The van der Waals surface area contributed by atoms with Gasteiger partial charge in [-0.15, -0.1) is 0 Å². The van der Waals surface area contributed by atoms with Crippen LogP contribution >= 0.6 is 12.2 Å². The van der Waals surface area contributed by atoms with Crippen LogP contribution in [0.5, 0.6) is 0 Å². The molecule has 1 saturated heterocycles. The molecule has 0 aromatic heterocycles. The second-order valence-corrected chi connectivity index (χ2v) is 4.52. The monoisotopic (exact) mass is 234 g/mol. The lowest BCUT2D eigenvalue weighted by atomic mass is 10.1. The van der Waals surface area contributed by atoms with Crippen molar-refractivity contribution in [3.05, 3.63) is 29.8 Å². The van der Waals surface area contributed by atoms with E-state index in [2.05, 4.69) is 35.3 Å². The van der Waals surface area contributed by atoms with Crippen LogP contribution < -0.4 is 5.32 Å². The third-order valence-electron chi connectivity index (χ3n) is 3.03. The predicted octanol–water partition coefficient (Wildman–Crippen LogP) is 3.04. The average molecular weight is 234 g/mol. The molecule has 1 N–H and O–H groups in total. The Bertz CT molecular complexity index is 370. The van der Waals surface area contributed by atoms with Crippen molar-refractivity contribution < 1.29 is 0 Å². The van der Waals surface area contributed by atoms with Crippen LogP contribution in [-0.2, 0) is 6.42 Å². The number of nitrogens with zero attached hydrogens (tertiary/aromatic N) is 1. The smallest absolute Gasteiger partial charge is 0.173 e. The Hall–Kier alpha value is -1.09. The summed E-state index contributed by atoms with van der Waals surface area (Å²) in [6.45, 7) is 4.36. The Kier molecular flexibility index (Phi) is 3.78. The standard InChI is InChI=1S/C13H18N2S/c1-2-11-7-3-4-8-12(11)14-13(16)15-9-5-6-10-15/h3-4,7-8H,2,5-6,9-10H2,1H3,(H,14,16). The van der Waals surface area contributed by atoms with Crippen molar-refractivity contribution in [1.82, 2.24) is 4.90 Å². The van der Waals surface area contributed by atoms with Crippen LogP contribution in [0.2, 0.25) is 0 Å². The van der Waals surface area contributed by atoms with Gasteiger partial charge in [-0.2, -0.15) is 0 Å². The molecule has 1 fully saturated rings. The van der Waals surface area contributed by atoms with Crippen molar-refractivity contribution in [3.63, 3.8) is 0 Å². The number of benzene rings is 1. The summed E-state index contributed by atoms with van der Waals surface area (Å²) in [5.74, 6) is 0. The lowest BCUT2D eigenvalue weighted by Crippen LogP contribution is -2.32. The van der Waals surface area contributed by atoms with E-state index in [1.54, 1.807) is 0 Å². The van der Waals surface area contributed by atoms with E-state index in [0.29, 0.717) is 0 Å². The maximum atomic E-state index is 5.42. The van der Waals surface area contributed by atoms with Crippen LogP contribution in [0, 0.1) is 0 Å². The number of aryl methyl sites for hydroxylation is 1. The van der Waals surface area contributed by atoms with Gasteiger partial charge >= 0.3 is 0 Å². The summed E-state index contributed by atoms with van der Waals surface area (Å²) in [6.07, 6.45) is 3.56. The number of likely N-dealkylation sites (tertiary alicyclic amines) is 1. The van der Waals surface area contributed by atoms with Gasteiger partial charge in [0.15, 0.2) is 5.11 Å². The average Bonchev–Trinajstić information content (AvgIpc) is 2.83. The highest BCUT2D eigenvalue weighted by molar-refractivity contribution is 7.80. The Morgan fingerprint density at radius 2 is 2.00 bits per heavy atom. The molecule has 1 aliphatic rings. The maximum absolute atomic E-state index is 5.42. The minimum absolute atomic E-state index is 0.874. The quantitative estimate of drug-likeness (QED) is 0.792. The zero-order valence-electron chi connectivity index (χ0n) is 9.70. The molecular weight excluding hydrogens is 216 g/mol. The highest BCUT2D eigenvalue weighted by Gasteiger charge is 2.15. The molecule has 3 heteroatoms. The van der Waals surface area contributed by atoms with Gasteiger partial charge in [0.25, 0.3) is 0 Å². The number of para-hydroxylation sites is 1. The van der Waals surface area contributed by atoms with E-state index in [9.17, 15) is 0 Å². The molecule has 0 bridgehead atoms.